The molecule has 2 aromatic heterocycles. The summed E-state index contributed by atoms with van der Waals surface area (Å²) in [5.41, 5.74) is 10.3. The number of hydrogen-bond acceptors (Lipinski definition) is 3. The third kappa shape index (κ3) is 3.93. The van der Waals surface area contributed by atoms with Crippen LogP contribution < -0.4 is 0 Å². The summed E-state index contributed by atoms with van der Waals surface area (Å²) in [6, 6.07) is 41.4. The Bertz CT molecular complexity index is 2360. The summed E-state index contributed by atoms with van der Waals surface area (Å²) >= 11 is 1.92. The number of benzene rings is 6. The molecule has 0 saturated heterocycles. The molecule has 8 aromatic rings. The second kappa shape index (κ2) is 9.72. The summed E-state index contributed by atoms with van der Waals surface area (Å²) in [6.07, 6.45) is 8.78. The predicted octanol–water partition coefficient (Wildman–Crippen LogP) is 11.1. The van der Waals surface area contributed by atoms with Crippen LogP contribution in [0.4, 0.5) is 0 Å². The van der Waals surface area contributed by atoms with Crippen molar-refractivity contribution in [1.29, 1.82) is 0 Å². The van der Waals surface area contributed by atoms with Gasteiger partial charge in [0.15, 0.2) is 0 Å². The molecule has 43 heavy (non-hydrogen) atoms. The number of aryl methyl sites for hydroxylation is 1. The fourth-order valence-corrected chi connectivity index (χ4v) is 8.00. The van der Waals surface area contributed by atoms with Gasteiger partial charge in [0.25, 0.3) is 0 Å². The van der Waals surface area contributed by atoms with Crippen LogP contribution in [0.15, 0.2) is 128 Å². The van der Waals surface area contributed by atoms with E-state index in [2.05, 4.69) is 127 Å². The standard InChI is InChI=1S/C40H26N2S/c1-3-14-33-30(11-1)31-12-2-4-15-34(31)39-38(33)41-24-36(42-39)26-21-19-25(20-22-26)27-9-7-10-28(23-27)29-16-8-17-35-32-13-5-6-18-37(32)43-40(29)35/h1-4,6-12,14-24H,5,13H2. The summed E-state index contributed by atoms with van der Waals surface area (Å²) in [7, 11) is 0. The molecular weight excluding hydrogens is 541 g/mol. The molecular formula is C40H26N2S. The maximum absolute atomic E-state index is 5.17. The lowest BCUT2D eigenvalue weighted by Crippen LogP contribution is -1.92. The highest BCUT2D eigenvalue weighted by Gasteiger charge is 2.16. The average Bonchev–Trinajstić information content (AvgIpc) is 3.47. The number of fused-ring (bicyclic) bond motifs is 9. The minimum atomic E-state index is 0.885. The fourth-order valence-electron chi connectivity index (χ4n) is 6.69. The Labute approximate surface area is 253 Å². The van der Waals surface area contributed by atoms with E-state index in [1.54, 1.807) is 0 Å². The van der Waals surface area contributed by atoms with Crippen molar-refractivity contribution >= 4 is 60.1 Å². The maximum Gasteiger partial charge on any atom is 0.0979 e. The van der Waals surface area contributed by atoms with Gasteiger partial charge in [-0.2, -0.15) is 0 Å². The van der Waals surface area contributed by atoms with E-state index in [0.717, 1.165) is 45.9 Å². The molecule has 1 aliphatic carbocycles. The number of thiophene rings is 1. The van der Waals surface area contributed by atoms with Crippen LogP contribution in [0, 0.1) is 0 Å². The number of nitrogens with zero attached hydrogens (tertiary/aromatic N) is 2. The first-order valence-corrected chi connectivity index (χ1v) is 15.6. The van der Waals surface area contributed by atoms with Crippen LogP contribution in [0.25, 0.3) is 82.3 Å². The molecule has 2 heterocycles. The van der Waals surface area contributed by atoms with E-state index in [1.807, 2.05) is 17.5 Å². The molecule has 0 saturated carbocycles. The van der Waals surface area contributed by atoms with Crippen LogP contribution >= 0.6 is 11.3 Å². The molecule has 6 aromatic carbocycles. The molecule has 0 amide bonds. The SMILES string of the molecule is C1=Cc2sc3c(-c4cccc(-c5ccc(-c6cnc7c8ccccc8c8ccccc8c7n6)cc5)c4)cccc3c2CC1. The first-order valence-electron chi connectivity index (χ1n) is 14.8. The molecule has 3 heteroatoms. The monoisotopic (exact) mass is 566 g/mol. The number of rotatable bonds is 3. The van der Waals surface area contributed by atoms with Crippen LogP contribution in [0.1, 0.15) is 16.9 Å². The Morgan fingerprint density at radius 2 is 1.23 bits per heavy atom. The van der Waals surface area contributed by atoms with Crippen molar-refractivity contribution in [3.63, 3.8) is 0 Å². The molecule has 0 fully saturated rings. The first kappa shape index (κ1) is 24.5. The zero-order valence-electron chi connectivity index (χ0n) is 23.4. The Morgan fingerprint density at radius 1 is 0.558 bits per heavy atom. The summed E-state index contributed by atoms with van der Waals surface area (Å²) in [5.74, 6) is 0. The molecule has 0 atom stereocenters. The molecule has 1 aliphatic rings. The number of hydrogen-bond donors (Lipinski definition) is 0. The third-order valence-electron chi connectivity index (χ3n) is 8.79. The van der Waals surface area contributed by atoms with Crippen molar-refractivity contribution in [3.05, 3.63) is 138 Å². The quantitative estimate of drug-likeness (QED) is 0.199. The Balaban J connectivity index is 1.10. The molecule has 0 bridgehead atoms. The molecule has 0 aliphatic heterocycles. The number of aromatic nitrogens is 2. The zero-order chi connectivity index (χ0) is 28.3. The lowest BCUT2D eigenvalue weighted by molar-refractivity contribution is 1.01. The van der Waals surface area contributed by atoms with Gasteiger partial charge in [-0.15, -0.1) is 11.3 Å². The van der Waals surface area contributed by atoms with Gasteiger partial charge in [0.1, 0.15) is 0 Å². The van der Waals surface area contributed by atoms with Gasteiger partial charge in [-0.25, -0.2) is 4.98 Å². The Hall–Kier alpha value is -5.12. The van der Waals surface area contributed by atoms with Gasteiger partial charge in [0.2, 0.25) is 0 Å². The largest absolute Gasteiger partial charge is 0.252 e. The Morgan fingerprint density at radius 3 is 2.05 bits per heavy atom. The van der Waals surface area contributed by atoms with E-state index < -0.39 is 0 Å². The van der Waals surface area contributed by atoms with Crippen LogP contribution in [-0.2, 0) is 6.42 Å². The second-order valence-corrected chi connectivity index (χ2v) is 12.3. The van der Waals surface area contributed by atoms with E-state index in [1.165, 1.54) is 53.6 Å². The van der Waals surface area contributed by atoms with Crippen molar-refractivity contribution in [2.24, 2.45) is 0 Å². The van der Waals surface area contributed by atoms with Crippen LogP contribution in [0.3, 0.4) is 0 Å². The highest BCUT2D eigenvalue weighted by Crippen LogP contribution is 2.41. The fraction of sp³-hybridized carbons (Fsp3) is 0.0500. The zero-order valence-corrected chi connectivity index (χ0v) is 24.2. The van der Waals surface area contributed by atoms with E-state index in [4.69, 9.17) is 9.97 Å². The van der Waals surface area contributed by atoms with Crippen molar-refractivity contribution in [2.75, 3.05) is 0 Å². The highest BCUT2D eigenvalue weighted by atomic mass is 32.1. The maximum atomic E-state index is 5.17. The molecule has 0 unspecified atom stereocenters. The highest BCUT2D eigenvalue weighted by molar-refractivity contribution is 7.20. The van der Waals surface area contributed by atoms with Crippen LogP contribution in [0.5, 0.6) is 0 Å². The molecule has 0 N–H and O–H groups in total. The minimum absolute atomic E-state index is 0.885. The van der Waals surface area contributed by atoms with E-state index in [0.29, 0.717) is 0 Å². The summed E-state index contributed by atoms with van der Waals surface area (Å²) in [5, 5.41) is 6.11. The molecule has 2 nitrogen and oxygen atoms in total. The summed E-state index contributed by atoms with van der Waals surface area (Å²) in [6.45, 7) is 0. The number of allylic oxidation sites excluding steroid dienone is 1. The van der Waals surface area contributed by atoms with Crippen molar-refractivity contribution in [2.45, 2.75) is 12.8 Å². The molecule has 9 rings (SSSR count). The van der Waals surface area contributed by atoms with Crippen LogP contribution in [0.2, 0.25) is 0 Å². The van der Waals surface area contributed by atoms with Gasteiger partial charge in [-0.3, -0.25) is 4.98 Å². The second-order valence-electron chi connectivity index (χ2n) is 11.3. The van der Waals surface area contributed by atoms with Crippen LogP contribution in [-0.4, -0.2) is 9.97 Å². The summed E-state index contributed by atoms with van der Waals surface area (Å²) < 4.78 is 1.39. The first-order chi connectivity index (χ1) is 21.3. The lowest BCUT2D eigenvalue weighted by Gasteiger charge is -2.11. The van der Waals surface area contributed by atoms with Gasteiger partial charge >= 0.3 is 0 Å². The predicted molar refractivity (Wildman–Crippen MR) is 184 cm³/mol. The van der Waals surface area contributed by atoms with Gasteiger partial charge in [-0.05, 0) is 69.0 Å². The van der Waals surface area contributed by atoms with E-state index in [9.17, 15) is 0 Å². The van der Waals surface area contributed by atoms with Crippen molar-refractivity contribution < 1.29 is 0 Å². The molecule has 0 spiro atoms. The Kier molecular flexibility index (Phi) is 5.53. The molecule has 202 valence electrons. The van der Waals surface area contributed by atoms with Crippen molar-refractivity contribution in [3.8, 4) is 33.5 Å². The van der Waals surface area contributed by atoms with E-state index in [-0.39, 0.29) is 0 Å². The smallest absolute Gasteiger partial charge is 0.0979 e. The molecule has 0 radical (unpaired) electrons. The van der Waals surface area contributed by atoms with Gasteiger partial charge in [0, 0.05) is 25.9 Å². The normalized spacial score (nSPS) is 12.8. The average molecular weight is 567 g/mol. The topological polar surface area (TPSA) is 25.8 Å². The van der Waals surface area contributed by atoms with Crippen molar-refractivity contribution in [1.82, 2.24) is 9.97 Å². The third-order valence-corrected chi connectivity index (χ3v) is 10.0. The lowest BCUT2D eigenvalue weighted by atomic mass is 9.95. The van der Waals surface area contributed by atoms with Gasteiger partial charge in [-0.1, -0.05) is 115 Å². The summed E-state index contributed by atoms with van der Waals surface area (Å²) in [4.78, 5) is 11.5. The van der Waals surface area contributed by atoms with Gasteiger partial charge < -0.3 is 0 Å². The minimum Gasteiger partial charge on any atom is -0.252 e. The van der Waals surface area contributed by atoms with Gasteiger partial charge in [0.05, 0.1) is 22.9 Å². The van der Waals surface area contributed by atoms with E-state index >= 15 is 0 Å².